The number of hydrogen-bond donors (Lipinski definition) is 0. The van der Waals surface area contributed by atoms with Crippen LogP contribution in [0.4, 0.5) is 18.9 Å². The van der Waals surface area contributed by atoms with Crippen LogP contribution in [0.1, 0.15) is 34.8 Å². The Morgan fingerprint density at radius 2 is 1.91 bits per heavy atom. The lowest BCUT2D eigenvalue weighted by molar-refractivity contribution is -0.142. The van der Waals surface area contributed by atoms with Crippen LogP contribution in [0.5, 0.6) is 11.6 Å². The van der Waals surface area contributed by atoms with Crippen LogP contribution in [0, 0.1) is 6.92 Å². The van der Waals surface area contributed by atoms with Crippen molar-refractivity contribution in [2.24, 2.45) is 0 Å². The lowest BCUT2D eigenvalue weighted by Crippen LogP contribution is -2.29. The molecule has 0 saturated heterocycles. The van der Waals surface area contributed by atoms with E-state index in [1.165, 1.54) is 25.3 Å². The molecule has 0 saturated carbocycles. The fourth-order valence-electron chi connectivity index (χ4n) is 3.83. The number of methoxy groups -OCH3 is 2. The number of aromatic nitrogens is 4. The van der Waals surface area contributed by atoms with E-state index in [9.17, 15) is 18.0 Å². The number of hydrogen-bond acceptors (Lipinski definition) is 7. The molecular weight excluding hydrogens is 455 g/mol. The lowest BCUT2D eigenvalue weighted by Gasteiger charge is -2.23. The number of halogens is 3. The summed E-state index contributed by atoms with van der Waals surface area (Å²) >= 11 is 0. The van der Waals surface area contributed by atoms with E-state index in [-0.39, 0.29) is 12.3 Å². The minimum Gasteiger partial charge on any atom is -0.491 e. The molecule has 1 aliphatic heterocycles. The number of fused-ring (bicyclic) bond motifs is 1. The summed E-state index contributed by atoms with van der Waals surface area (Å²) in [5, 5.41) is 3.75. The van der Waals surface area contributed by atoms with Crippen LogP contribution in [0.25, 0.3) is 11.3 Å². The van der Waals surface area contributed by atoms with Crippen molar-refractivity contribution in [3.05, 3.63) is 47.5 Å². The molecule has 0 spiro atoms. The first-order valence-electron chi connectivity index (χ1n) is 10.3. The van der Waals surface area contributed by atoms with E-state index < -0.39 is 24.9 Å². The predicted molar refractivity (Wildman–Crippen MR) is 115 cm³/mol. The molecular formula is C22H22F3N5O4. The van der Waals surface area contributed by atoms with E-state index in [4.69, 9.17) is 14.2 Å². The predicted octanol–water partition coefficient (Wildman–Crippen LogP) is 3.92. The summed E-state index contributed by atoms with van der Waals surface area (Å²) in [4.78, 5) is 23.5. The van der Waals surface area contributed by atoms with Gasteiger partial charge in [0.05, 0.1) is 37.4 Å². The summed E-state index contributed by atoms with van der Waals surface area (Å²) in [6.07, 6.45) is -1.43. The third kappa shape index (κ3) is 4.28. The number of anilines is 1. The number of ether oxygens (including phenoxy) is 3. The molecule has 3 aromatic heterocycles. The molecule has 1 amide bonds. The zero-order chi connectivity index (χ0) is 24.6. The van der Waals surface area contributed by atoms with Gasteiger partial charge in [0.1, 0.15) is 12.2 Å². The fourth-order valence-corrected chi connectivity index (χ4v) is 3.83. The van der Waals surface area contributed by atoms with Crippen LogP contribution in [-0.2, 0) is 11.3 Å². The maximum absolute atomic E-state index is 13.3. The second-order valence-corrected chi connectivity index (χ2v) is 7.51. The van der Waals surface area contributed by atoms with Gasteiger partial charge in [0.2, 0.25) is 0 Å². The van der Waals surface area contributed by atoms with Crippen molar-refractivity contribution >= 4 is 11.6 Å². The van der Waals surface area contributed by atoms with Crippen molar-refractivity contribution in [3.63, 3.8) is 0 Å². The zero-order valence-corrected chi connectivity index (χ0v) is 18.9. The van der Waals surface area contributed by atoms with Crippen LogP contribution < -0.4 is 14.4 Å². The van der Waals surface area contributed by atoms with Gasteiger partial charge in [0, 0.05) is 24.6 Å². The number of pyridine rings is 2. The lowest BCUT2D eigenvalue weighted by atomic mass is 10.0. The first-order valence-corrected chi connectivity index (χ1v) is 10.3. The van der Waals surface area contributed by atoms with Crippen molar-refractivity contribution in [2.45, 2.75) is 32.8 Å². The fraction of sp³-hybridized carbons (Fsp3) is 0.364. The van der Waals surface area contributed by atoms with Crippen molar-refractivity contribution in [1.29, 1.82) is 0 Å². The van der Waals surface area contributed by atoms with Gasteiger partial charge in [-0.05, 0) is 31.5 Å². The Morgan fingerprint density at radius 3 is 2.56 bits per heavy atom. The topological polar surface area (TPSA) is 91.6 Å². The molecule has 0 radical (unpaired) electrons. The van der Waals surface area contributed by atoms with Gasteiger partial charge in [-0.1, -0.05) is 0 Å². The van der Waals surface area contributed by atoms with Crippen LogP contribution in [0.15, 0.2) is 30.7 Å². The molecule has 0 N–H and O–H groups in total. The molecule has 34 heavy (non-hydrogen) atoms. The van der Waals surface area contributed by atoms with E-state index in [1.807, 2.05) is 0 Å². The smallest absolute Gasteiger partial charge is 0.408 e. The van der Waals surface area contributed by atoms with Gasteiger partial charge in [-0.15, -0.1) is 0 Å². The minimum atomic E-state index is -4.44. The molecule has 3 aromatic rings. The Balaban J connectivity index is 1.77. The highest BCUT2D eigenvalue weighted by atomic mass is 19.4. The molecule has 0 aromatic carbocycles. The third-order valence-corrected chi connectivity index (χ3v) is 5.24. The molecule has 0 bridgehead atoms. The number of alkyl halides is 3. The van der Waals surface area contributed by atoms with Gasteiger partial charge >= 0.3 is 6.18 Å². The normalized spacial score (nSPS) is 15.6. The van der Waals surface area contributed by atoms with Gasteiger partial charge in [-0.3, -0.25) is 14.4 Å². The highest BCUT2D eigenvalue weighted by Gasteiger charge is 2.42. The van der Waals surface area contributed by atoms with Gasteiger partial charge < -0.3 is 14.2 Å². The van der Waals surface area contributed by atoms with Crippen LogP contribution in [-0.4, -0.2) is 52.7 Å². The van der Waals surface area contributed by atoms with Crippen molar-refractivity contribution in [1.82, 2.24) is 19.7 Å². The summed E-state index contributed by atoms with van der Waals surface area (Å²) in [5.74, 6) is 0.298. The Hall–Kier alpha value is -3.67. The van der Waals surface area contributed by atoms with E-state index >= 15 is 0 Å². The summed E-state index contributed by atoms with van der Waals surface area (Å²) in [6, 6.07) is 3.45. The zero-order valence-electron chi connectivity index (χ0n) is 18.9. The van der Waals surface area contributed by atoms with Crippen molar-refractivity contribution in [3.8, 4) is 22.9 Å². The number of aryl methyl sites for hydroxylation is 1. The molecule has 12 heteroatoms. The summed E-state index contributed by atoms with van der Waals surface area (Å²) in [5.41, 5.74) is 2.66. The maximum atomic E-state index is 13.3. The molecule has 9 nitrogen and oxygen atoms in total. The Labute approximate surface area is 193 Å². The number of rotatable bonds is 7. The maximum Gasteiger partial charge on any atom is 0.408 e. The Kier molecular flexibility index (Phi) is 6.17. The van der Waals surface area contributed by atoms with E-state index in [1.54, 1.807) is 32.2 Å². The summed E-state index contributed by atoms with van der Waals surface area (Å²) < 4.78 is 55.4. The van der Waals surface area contributed by atoms with Crippen LogP contribution in [0.2, 0.25) is 0 Å². The van der Waals surface area contributed by atoms with Crippen molar-refractivity contribution in [2.75, 3.05) is 25.7 Å². The molecule has 4 heterocycles. The highest BCUT2D eigenvalue weighted by molar-refractivity contribution is 6.11. The van der Waals surface area contributed by atoms with Gasteiger partial charge in [0.15, 0.2) is 12.0 Å². The second-order valence-electron chi connectivity index (χ2n) is 7.51. The largest absolute Gasteiger partial charge is 0.491 e. The third-order valence-electron chi connectivity index (χ3n) is 5.24. The van der Waals surface area contributed by atoms with E-state index in [0.29, 0.717) is 39.7 Å². The Morgan fingerprint density at radius 1 is 1.15 bits per heavy atom. The number of nitrogens with zero attached hydrogens (tertiary/aromatic N) is 5. The standard InChI is InChI=1S/C22H22F3N5O4/c1-5-34-21-18-17(20(31)30(21)14-9-27-29(10-14)11-22(23,24)25)12(2)6-15(28-18)13-7-16(32-3)19(33-4)26-8-13/h6-10,21H,5,11H2,1-4H3/t21-/m1/s1. The average molecular weight is 477 g/mol. The number of carbonyl (C=O) groups excluding carboxylic acids is 1. The second kappa shape index (κ2) is 8.93. The molecule has 0 aliphatic carbocycles. The van der Waals surface area contributed by atoms with Gasteiger partial charge in [-0.2, -0.15) is 18.3 Å². The number of carbonyl (C=O) groups is 1. The molecule has 1 aliphatic rings. The Bertz CT molecular complexity index is 1230. The quantitative estimate of drug-likeness (QED) is 0.509. The van der Waals surface area contributed by atoms with Crippen molar-refractivity contribution < 1.29 is 32.2 Å². The molecule has 180 valence electrons. The van der Waals surface area contributed by atoms with Crippen LogP contribution >= 0.6 is 0 Å². The SMILES string of the molecule is CCO[C@@H]1c2nc(-c3cnc(OC)c(OC)c3)cc(C)c2C(=O)N1c1cnn(CC(F)(F)F)c1. The first kappa shape index (κ1) is 23.5. The molecule has 1 atom stereocenters. The monoisotopic (exact) mass is 477 g/mol. The highest BCUT2D eigenvalue weighted by Crippen LogP contribution is 2.40. The molecule has 4 rings (SSSR count). The molecule has 0 unspecified atom stereocenters. The van der Waals surface area contributed by atoms with Crippen LogP contribution in [0.3, 0.4) is 0 Å². The average Bonchev–Trinajstić information content (AvgIpc) is 3.34. The molecule has 0 fully saturated rings. The van der Waals surface area contributed by atoms with Gasteiger partial charge in [0.25, 0.3) is 11.8 Å². The summed E-state index contributed by atoms with van der Waals surface area (Å²) in [7, 11) is 2.97. The van der Waals surface area contributed by atoms with E-state index in [2.05, 4.69) is 15.1 Å². The first-order chi connectivity index (χ1) is 16.2. The number of amides is 1. The summed E-state index contributed by atoms with van der Waals surface area (Å²) in [6.45, 7) is 2.49. The minimum absolute atomic E-state index is 0.180. The van der Waals surface area contributed by atoms with E-state index in [0.717, 1.165) is 10.9 Å². The van der Waals surface area contributed by atoms with Gasteiger partial charge in [-0.25, -0.2) is 9.97 Å².